The molecule has 2 aliphatic rings. The Balaban J connectivity index is 1.39. The van der Waals surface area contributed by atoms with Gasteiger partial charge in [-0.3, -0.25) is 0 Å². The first-order chi connectivity index (χ1) is 14.6. The number of anilines is 2. The van der Waals surface area contributed by atoms with E-state index in [1.54, 1.807) is 7.11 Å². The second kappa shape index (κ2) is 9.21. The van der Waals surface area contributed by atoms with Crippen molar-refractivity contribution in [3.63, 3.8) is 0 Å². The molecule has 1 aliphatic heterocycles. The summed E-state index contributed by atoms with van der Waals surface area (Å²) in [7, 11) is 1.69. The molecule has 0 bridgehead atoms. The second-order valence-electron chi connectivity index (χ2n) is 9.01. The smallest absolute Gasteiger partial charge is 0.227 e. The zero-order chi connectivity index (χ0) is 21.0. The first kappa shape index (κ1) is 20.9. The van der Waals surface area contributed by atoms with E-state index in [1.165, 1.54) is 50.8 Å². The summed E-state index contributed by atoms with van der Waals surface area (Å²) in [6.07, 6.45) is 7.96. The number of aryl methyl sites for hydroxylation is 1. The predicted molar refractivity (Wildman–Crippen MR) is 122 cm³/mol. The molecule has 30 heavy (non-hydrogen) atoms. The fourth-order valence-corrected chi connectivity index (χ4v) is 4.87. The van der Waals surface area contributed by atoms with E-state index in [4.69, 9.17) is 10.5 Å². The molecule has 1 saturated carbocycles. The average Bonchev–Trinajstić information content (AvgIpc) is 3.51. The van der Waals surface area contributed by atoms with Crippen LogP contribution in [0.15, 0.2) is 30.3 Å². The van der Waals surface area contributed by atoms with Gasteiger partial charge >= 0.3 is 0 Å². The van der Waals surface area contributed by atoms with Crippen molar-refractivity contribution in [3.05, 3.63) is 41.6 Å². The number of unbranched alkanes of at least 4 members (excludes halogenated alkanes) is 1. The van der Waals surface area contributed by atoms with E-state index in [0.29, 0.717) is 11.2 Å². The van der Waals surface area contributed by atoms with Gasteiger partial charge in [0.05, 0.1) is 7.11 Å². The van der Waals surface area contributed by atoms with Crippen molar-refractivity contribution in [1.82, 2.24) is 15.3 Å². The normalized spacial score (nSPS) is 19.6. The molecule has 2 aromatic rings. The van der Waals surface area contributed by atoms with Crippen molar-refractivity contribution in [2.45, 2.75) is 52.0 Å². The molecule has 1 unspecified atom stereocenters. The highest BCUT2D eigenvalue weighted by Gasteiger charge is 2.49. The maximum absolute atomic E-state index is 6.02. The number of benzene rings is 1. The molecule has 1 spiro atoms. The van der Waals surface area contributed by atoms with Gasteiger partial charge in [0.15, 0.2) is 0 Å². The molecule has 162 valence electrons. The standard InChI is InChI=1S/C24H35N5O/c1-18-15-22(25)28-23(27-18)29(17-19-6-8-21(30-2)9-7-19)14-4-3-5-20-16-26-13-12-24(20)10-11-24/h6-9,15,20,26H,3-5,10-14,16-17H2,1-2H3,(H2,25,27,28). The zero-order valence-electron chi connectivity index (χ0n) is 18.4. The molecule has 4 rings (SSSR count). The Hall–Kier alpha value is -2.34. The minimum atomic E-state index is 0.529. The number of nitrogens with zero attached hydrogens (tertiary/aromatic N) is 3. The van der Waals surface area contributed by atoms with Crippen molar-refractivity contribution in [3.8, 4) is 5.75 Å². The lowest BCUT2D eigenvalue weighted by atomic mass is 9.80. The molecule has 3 N–H and O–H groups in total. The van der Waals surface area contributed by atoms with E-state index < -0.39 is 0 Å². The molecule has 6 heteroatoms. The maximum Gasteiger partial charge on any atom is 0.227 e. The molecule has 0 amide bonds. The molecule has 6 nitrogen and oxygen atoms in total. The van der Waals surface area contributed by atoms with E-state index in [2.05, 4.69) is 32.3 Å². The number of nitrogens with two attached hydrogens (primary N) is 1. The fourth-order valence-electron chi connectivity index (χ4n) is 4.87. The number of hydrogen-bond acceptors (Lipinski definition) is 6. The minimum absolute atomic E-state index is 0.529. The summed E-state index contributed by atoms with van der Waals surface area (Å²) in [5, 5.41) is 3.61. The molecule has 2 fully saturated rings. The molecule has 1 aliphatic carbocycles. The number of nitrogens with one attached hydrogen (secondary N) is 1. The van der Waals surface area contributed by atoms with Crippen molar-refractivity contribution >= 4 is 11.8 Å². The fraction of sp³-hybridized carbons (Fsp3) is 0.583. The van der Waals surface area contributed by atoms with Crippen LogP contribution in [0.1, 0.15) is 49.8 Å². The van der Waals surface area contributed by atoms with Crippen LogP contribution in [-0.2, 0) is 6.54 Å². The summed E-state index contributed by atoms with van der Waals surface area (Å²) < 4.78 is 5.29. The van der Waals surface area contributed by atoms with Crippen LogP contribution in [-0.4, -0.2) is 36.7 Å². The molecule has 1 aromatic heterocycles. The molecule has 0 radical (unpaired) electrons. The van der Waals surface area contributed by atoms with E-state index in [-0.39, 0.29) is 0 Å². The number of rotatable bonds is 9. The highest BCUT2D eigenvalue weighted by atomic mass is 16.5. The summed E-state index contributed by atoms with van der Waals surface area (Å²) in [6.45, 7) is 6.08. The Labute approximate surface area is 180 Å². The topological polar surface area (TPSA) is 76.3 Å². The Bertz CT molecular complexity index is 814. The van der Waals surface area contributed by atoms with Crippen LogP contribution in [0.25, 0.3) is 0 Å². The lowest BCUT2D eigenvalue weighted by molar-refractivity contribution is 0.213. The summed E-state index contributed by atoms with van der Waals surface area (Å²) in [5.41, 5.74) is 8.82. The zero-order valence-corrected chi connectivity index (χ0v) is 18.4. The van der Waals surface area contributed by atoms with Crippen LogP contribution in [0.2, 0.25) is 0 Å². The Morgan fingerprint density at radius 1 is 1.17 bits per heavy atom. The third kappa shape index (κ3) is 5.04. The van der Waals surface area contributed by atoms with Crippen molar-refractivity contribution in [2.75, 3.05) is 37.4 Å². The summed E-state index contributed by atoms with van der Waals surface area (Å²) >= 11 is 0. The summed E-state index contributed by atoms with van der Waals surface area (Å²) in [5.74, 6) is 2.98. The van der Waals surface area contributed by atoms with Crippen LogP contribution < -0.4 is 20.7 Å². The number of methoxy groups -OCH3 is 1. The Kier molecular flexibility index (Phi) is 6.42. The number of hydrogen-bond donors (Lipinski definition) is 2. The predicted octanol–water partition coefficient (Wildman–Crippen LogP) is 3.94. The molecular weight excluding hydrogens is 374 g/mol. The maximum atomic E-state index is 6.02. The van der Waals surface area contributed by atoms with Crippen molar-refractivity contribution < 1.29 is 4.74 Å². The molecule has 1 aromatic carbocycles. The highest BCUT2D eigenvalue weighted by Crippen LogP contribution is 2.57. The molecular formula is C24H35N5O. The SMILES string of the molecule is COc1ccc(CN(CCCCC2CNCCC23CC3)c2nc(C)cc(N)n2)cc1. The van der Waals surface area contributed by atoms with Gasteiger partial charge in [0.25, 0.3) is 0 Å². The quantitative estimate of drug-likeness (QED) is 0.611. The summed E-state index contributed by atoms with van der Waals surface area (Å²) in [4.78, 5) is 11.5. The average molecular weight is 410 g/mol. The Morgan fingerprint density at radius 3 is 2.67 bits per heavy atom. The van der Waals surface area contributed by atoms with Crippen LogP contribution in [0.5, 0.6) is 5.75 Å². The number of piperidine rings is 1. The van der Waals surface area contributed by atoms with Crippen LogP contribution in [0.4, 0.5) is 11.8 Å². The molecule has 1 atom stereocenters. The minimum Gasteiger partial charge on any atom is -0.497 e. The summed E-state index contributed by atoms with van der Waals surface area (Å²) in [6, 6.07) is 10.0. The Morgan fingerprint density at radius 2 is 1.97 bits per heavy atom. The van der Waals surface area contributed by atoms with Crippen molar-refractivity contribution in [1.29, 1.82) is 0 Å². The van der Waals surface area contributed by atoms with Gasteiger partial charge in [0.2, 0.25) is 5.95 Å². The van der Waals surface area contributed by atoms with Gasteiger partial charge in [-0.15, -0.1) is 0 Å². The lowest BCUT2D eigenvalue weighted by Gasteiger charge is -2.32. The van der Waals surface area contributed by atoms with Gasteiger partial charge in [0, 0.05) is 24.8 Å². The lowest BCUT2D eigenvalue weighted by Crippen LogP contribution is -2.37. The van der Waals surface area contributed by atoms with Gasteiger partial charge in [-0.2, -0.15) is 4.98 Å². The first-order valence-electron chi connectivity index (χ1n) is 11.3. The van der Waals surface area contributed by atoms with E-state index in [0.717, 1.165) is 42.8 Å². The third-order valence-corrected chi connectivity index (χ3v) is 6.86. The monoisotopic (exact) mass is 409 g/mol. The molecule has 2 heterocycles. The largest absolute Gasteiger partial charge is 0.497 e. The van der Waals surface area contributed by atoms with Gasteiger partial charge in [0.1, 0.15) is 11.6 Å². The first-order valence-corrected chi connectivity index (χ1v) is 11.3. The van der Waals surface area contributed by atoms with Gasteiger partial charge < -0.3 is 20.7 Å². The van der Waals surface area contributed by atoms with Crippen molar-refractivity contribution in [2.24, 2.45) is 11.3 Å². The van der Waals surface area contributed by atoms with E-state index >= 15 is 0 Å². The number of ether oxygens (including phenoxy) is 1. The third-order valence-electron chi connectivity index (χ3n) is 6.86. The van der Waals surface area contributed by atoms with Crippen LogP contribution in [0.3, 0.4) is 0 Å². The van der Waals surface area contributed by atoms with Crippen LogP contribution >= 0.6 is 0 Å². The molecule has 1 saturated heterocycles. The van der Waals surface area contributed by atoms with E-state index in [1.807, 2.05) is 25.1 Å². The highest BCUT2D eigenvalue weighted by molar-refractivity contribution is 5.41. The number of aromatic nitrogens is 2. The second-order valence-corrected chi connectivity index (χ2v) is 9.01. The van der Waals surface area contributed by atoms with Gasteiger partial charge in [-0.1, -0.05) is 18.6 Å². The van der Waals surface area contributed by atoms with Crippen LogP contribution in [0, 0.1) is 18.3 Å². The van der Waals surface area contributed by atoms with E-state index in [9.17, 15) is 0 Å². The van der Waals surface area contributed by atoms with Gasteiger partial charge in [-0.25, -0.2) is 4.98 Å². The number of nitrogen functional groups attached to an aromatic ring is 1. The van der Waals surface area contributed by atoms with Gasteiger partial charge in [-0.05, 0) is 81.1 Å².